The summed E-state index contributed by atoms with van der Waals surface area (Å²) in [5, 5.41) is 10.4. The van der Waals surface area contributed by atoms with E-state index >= 15 is 0 Å². The molecule has 116 valence electrons. The van der Waals surface area contributed by atoms with Crippen molar-refractivity contribution >= 4 is 5.78 Å². The van der Waals surface area contributed by atoms with Crippen molar-refractivity contribution in [3.8, 4) is 0 Å². The standard InChI is InChI=1S/C19H28O2/c1-18-9-7-13(20)11-12(18)3-4-14-15-5-6-17(21)19(15,2)10-8-16(14)18/h11,14-17,21H,3-10H2,1-2H3/t14-,15-,16-,17-,18-,19+/m0/s1. The number of aliphatic hydroxyl groups is 1. The number of carbonyl (C=O) groups excluding carboxylic acids is 1. The molecule has 0 bridgehead atoms. The van der Waals surface area contributed by atoms with Crippen molar-refractivity contribution in [1.82, 2.24) is 0 Å². The predicted octanol–water partition coefficient (Wildman–Crippen LogP) is 3.88. The molecule has 2 nitrogen and oxygen atoms in total. The molecule has 0 aromatic carbocycles. The Morgan fingerprint density at radius 1 is 1.05 bits per heavy atom. The average molecular weight is 288 g/mol. The van der Waals surface area contributed by atoms with Gasteiger partial charge in [-0.1, -0.05) is 19.4 Å². The normalized spacial score (nSPS) is 52.7. The summed E-state index contributed by atoms with van der Waals surface area (Å²) < 4.78 is 0. The van der Waals surface area contributed by atoms with Crippen LogP contribution in [0.15, 0.2) is 11.6 Å². The molecule has 0 aliphatic heterocycles. The average Bonchev–Trinajstić information content (AvgIpc) is 2.76. The van der Waals surface area contributed by atoms with Crippen molar-refractivity contribution in [2.75, 3.05) is 0 Å². The Bertz CT molecular complexity index is 508. The monoisotopic (exact) mass is 288 g/mol. The molecule has 4 aliphatic carbocycles. The fourth-order valence-electron chi connectivity index (χ4n) is 6.53. The predicted molar refractivity (Wildman–Crippen MR) is 82.7 cm³/mol. The number of rotatable bonds is 0. The third-order valence-corrected chi connectivity index (χ3v) is 7.91. The highest BCUT2D eigenvalue weighted by molar-refractivity contribution is 5.91. The van der Waals surface area contributed by atoms with Crippen molar-refractivity contribution < 1.29 is 9.90 Å². The van der Waals surface area contributed by atoms with E-state index in [1.165, 1.54) is 31.3 Å². The van der Waals surface area contributed by atoms with Crippen LogP contribution in [0, 0.1) is 28.6 Å². The first-order chi connectivity index (χ1) is 9.95. The molecule has 1 N–H and O–H groups in total. The maximum absolute atomic E-state index is 11.8. The summed E-state index contributed by atoms with van der Waals surface area (Å²) in [6.07, 6.45) is 10.7. The van der Waals surface area contributed by atoms with E-state index in [9.17, 15) is 9.90 Å². The SMILES string of the molecule is C[C@@]12CC[C@H]3[C@@H](CCC4=CC(=O)CC[C@@]43C)[C@@H]1CC[C@@H]2O. The second-order valence-electron chi connectivity index (χ2n) is 8.61. The van der Waals surface area contributed by atoms with Gasteiger partial charge in [-0.2, -0.15) is 0 Å². The van der Waals surface area contributed by atoms with Crippen molar-refractivity contribution in [3.63, 3.8) is 0 Å². The molecule has 4 rings (SSSR count). The quantitative estimate of drug-likeness (QED) is 0.734. The van der Waals surface area contributed by atoms with Crippen LogP contribution in [-0.4, -0.2) is 17.0 Å². The lowest BCUT2D eigenvalue weighted by molar-refractivity contribution is -0.118. The number of carbonyl (C=O) groups is 1. The van der Waals surface area contributed by atoms with E-state index in [0.29, 0.717) is 11.7 Å². The van der Waals surface area contributed by atoms with Gasteiger partial charge in [-0.25, -0.2) is 0 Å². The number of fused-ring (bicyclic) bond motifs is 5. The van der Waals surface area contributed by atoms with Gasteiger partial charge in [-0.15, -0.1) is 0 Å². The number of allylic oxidation sites excluding steroid dienone is 1. The lowest BCUT2D eigenvalue weighted by Gasteiger charge is -2.57. The van der Waals surface area contributed by atoms with Gasteiger partial charge in [-0.05, 0) is 79.6 Å². The van der Waals surface area contributed by atoms with Gasteiger partial charge in [0.15, 0.2) is 5.78 Å². The molecular formula is C19H28O2. The van der Waals surface area contributed by atoms with Crippen LogP contribution in [0.3, 0.4) is 0 Å². The molecule has 0 aromatic rings. The van der Waals surface area contributed by atoms with E-state index < -0.39 is 0 Å². The van der Waals surface area contributed by atoms with Crippen LogP contribution < -0.4 is 0 Å². The van der Waals surface area contributed by atoms with Gasteiger partial charge in [-0.3, -0.25) is 4.79 Å². The first-order valence-electron chi connectivity index (χ1n) is 8.87. The highest BCUT2D eigenvalue weighted by Crippen LogP contribution is 2.65. The smallest absolute Gasteiger partial charge is 0.155 e. The minimum absolute atomic E-state index is 0.0823. The number of hydrogen-bond acceptors (Lipinski definition) is 2. The Morgan fingerprint density at radius 2 is 1.86 bits per heavy atom. The lowest BCUT2D eigenvalue weighted by Crippen LogP contribution is -2.51. The van der Waals surface area contributed by atoms with Crippen LogP contribution in [0.1, 0.15) is 65.2 Å². The van der Waals surface area contributed by atoms with E-state index in [2.05, 4.69) is 13.8 Å². The molecule has 0 amide bonds. The number of hydrogen-bond donors (Lipinski definition) is 1. The fraction of sp³-hybridized carbons (Fsp3) is 0.842. The maximum atomic E-state index is 11.8. The molecule has 0 spiro atoms. The van der Waals surface area contributed by atoms with E-state index in [4.69, 9.17) is 0 Å². The van der Waals surface area contributed by atoms with Crippen LogP contribution in [0.25, 0.3) is 0 Å². The molecule has 21 heavy (non-hydrogen) atoms. The number of ketones is 1. The van der Waals surface area contributed by atoms with Crippen LogP contribution >= 0.6 is 0 Å². The third-order valence-electron chi connectivity index (χ3n) is 7.91. The van der Waals surface area contributed by atoms with Gasteiger partial charge in [0.1, 0.15) is 0 Å². The number of aliphatic hydroxyl groups excluding tert-OH is 1. The van der Waals surface area contributed by atoms with Crippen molar-refractivity contribution in [3.05, 3.63) is 11.6 Å². The maximum Gasteiger partial charge on any atom is 0.155 e. The zero-order valence-corrected chi connectivity index (χ0v) is 13.4. The molecule has 6 atom stereocenters. The molecule has 0 unspecified atom stereocenters. The fourth-order valence-corrected chi connectivity index (χ4v) is 6.53. The van der Waals surface area contributed by atoms with Gasteiger partial charge in [0.25, 0.3) is 0 Å². The Kier molecular flexibility index (Phi) is 2.96. The summed E-state index contributed by atoms with van der Waals surface area (Å²) >= 11 is 0. The van der Waals surface area contributed by atoms with Gasteiger partial charge in [0, 0.05) is 6.42 Å². The molecule has 0 radical (unpaired) electrons. The summed E-state index contributed by atoms with van der Waals surface area (Å²) in [6.45, 7) is 4.76. The summed E-state index contributed by atoms with van der Waals surface area (Å²) in [4.78, 5) is 11.8. The summed E-state index contributed by atoms with van der Waals surface area (Å²) in [5.74, 6) is 2.57. The Labute approximate surface area is 128 Å². The molecule has 4 aliphatic rings. The van der Waals surface area contributed by atoms with Crippen LogP contribution in [0.2, 0.25) is 0 Å². The highest BCUT2D eigenvalue weighted by atomic mass is 16.3. The Hall–Kier alpha value is -0.630. The highest BCUT2D eigenvalue weighted by Gasteiger charge is 2.58. The summed E-state index contributed by atoms with van der Waals surface area (Å²) in [7, 11) is 0. The zero-order valence-electron chi connectivity index (χ0n) is 13.4. The topological polar surface area (TPSA) is 37.3 Å². The van der Waals surface area contributed by atoms with Gasteiger partial charge < -0.3 is 5.11 Å². The largest absolute Gasteiger partial charge is 0.393 e. The molecule has 0 saturated heterocycles. The third kappa shape index (κ3) is 1.78. The first-order valence-corrected chi connectivity index (χ1v) is 8.87. The van der Waals surface area contributed by atoms with Crippen molar-refractivity contribution in [2.24, 2.45) is 28.6 Å². The second-order valence-corrected chi connectivity index (χ2v) is 8.61. The van der Waals surface area contributed by atoms with Crippen LogP contribution in [-0.2, 0) is 4.79 Å². The minimum atomic E-state index is -0.0823. The van der Waals surface area contributed by atoms with E-state index in [1.807, 2.05) is 6.08 Å². The van der Waals surface area contributed by atoms with Gasteiger partial charge in [0.05, 0.1) is 6.10 Å². The Balaban J connectivity index is 1.69. The van der Waals surface area contributed by atoms with Crippen LogP contribution in [0.5, 0.6) is 0 Å². The summed E-state index contributed by atoms with van der Waals surface area (Å²) in [6, 6.07) is 0. The van der Waals surface area contributed by atoms with E-state index in [1.54, 1.807) is 0 Å². The summed E-state index contributed by atoms with van der Waals surface area (Å²) in [5.41, 5.74) is 1.89. The van der Waals surface area contributed by atoms with E-state index in [-0.39, 0.29) is 16.9 Å². The van der Waals surface area contributed by atoms with Crippen molar-refractivity contribution in [2.45, 2.75) is 71.3 Å². The molecule has 0 heterocycles. The van der Waals surface area contributed by atoms with Crippen LogP contribution in [0.4, 0.5) is 0 Å². The zero-order chi connectivity index (χ0) is 14.8. The Morgan fingerprint density at radius 3 is 2.67 bits per heavy atom. The molecular weight excluding hydrogens is 260 g/mol. The van der Waals surface area contributed by atoms with Gasteiger partial charge >= 0.3 is 0 Å². The molecule has 3 fully saturated rings. The van der Waals surface area contributed by atoms with E-state index in [0.717, 1.165) is 37.5 Å². The molecule has 3 saturated carbocycles. The van der Waals surface area contributed by atoms with Crippen molar-refractivity contribution in [1.29, 1.82) is 0 Å². The lowest BCUT2D eigenvalue weighted by atomic mass is 9.47. The molecule has 2 heteroatoms. The second kappa shape index (κ2) is 4.44. The molecule has 0 aromatic heterocycles. The first kappa shape index (κ1) is 14.0. The van der Waals surface area contributed by atoms with Gasteiger partial charge in [0.2, 0.25) is 0 Å². The minimum Gasteiger partial charge on any atom is -0.393 e.